The molecule has 2 aromatic rings. The van der Waals surface area contributed by atoms with Crippen molar-refractivity contribution < 1.29 is 21.8 Å². The molecule has 0 bridgehead atoms. The minimum atomic E-state index is -1.74. The Morgan fingerprint density at radius 2 is 1.13 bits per heavy atom. The van der Waals surface area contributed by atoms with Gasteiger partial charge in [0.15, 0.2) is 0 Å². The zero-order chi connectivity index (χ0) is 21.9. The Hall–Kier alpha value is -0.677. The summed E-state index contributed by atoms with van der Waals surface area (Å²) in [4.78, 5) is 0. The molecule has 4 rings (SSSR count). The van der Waals surface area contributed by atoms with Gasteiger partial charge in [-0.3, -0.25) is 0 Å². The Balaban J connectivity index is 2.04. The maximum absolute atomic E-state index is 2.68. The third-order valence-electron chi connectivity index (χ3n) is 7.92. The molecule has 0 nitrogen and oxygen atoms in total. The molecule has 161 valence electrons. The predicted molar refractivity (Wildman–Crippen MR) is 128 cm³/mol. The topological polar surface area (TPSA) is 0 Å². The van der Waals surface area contributed by atoms with E-state index >= 15 is 0 Å². The first-order valence-electron chi connectivity index (χ1n) is 12.1. The van der Waals surface area contributed by atoms with Gasteiger partial charge in [0, 0.05) is 0 Å². The summed E-state index contributed by atoms with van der Waals surface area (Å²) in [6.07, 6.45) is 7.12. The molecule has 0 radical (unpaired) electrons. The number of fused-ring (bicyclic) bond motifs is 3. The molecular formula is C29H41Zr. The molecule has 0 heterocycles. The van der Waals surface area contributed by atoms with Gasteiger partial charge in [-0.1, -0.05) is 0 Å². The number of hydrogen-bond acceptors (Lipinski definition) is 0. The zero-order valence-corrected chi connectivity index (χ0v) is 23.0. The van der Waals surface area contributed by atoms with Gasteiger partial charge in [-0.2, -0.15) is 0 Å². The molecule has 0 N–H and O–H groups in total. The van der Waals surface area contributed by atoms with Gasteiger partial charge >= 0.3 is 194 Å². The normalized spacial score (nSPS) is 18.8. The van der Waals surface area contributed by atoms with Crippen LogP contribution in [0.3, 0.4) is 0 Å². The zero-order valence-electron chi connectivity index (χ0n) is 20.6. The van der Waals surface area contributed by atoms with Crippen molar-refractivity contribution in [3.05, 3.63) is 58.7 Å². The maximum atomic E-state index is 2.68. The van der Waals surface area contributed by atoms with E-state index in [0.29, 0.717) is 3.12 Å². The fraction of sp³-hybridized carbons (Fsp3) is 0.586. The van der Waals surface area contributed by atoms with Gasteiger partial charge in [-0.25, -0.2) is 0 Å². The van der Waals surface area contributed by atoms with E-state index < -0.39 is 21.8 Å². The molecule has 0 amide bonds. The quantitative estimate of drug-likeness (QED) is 0.403. The van der Waals surface area contributed by atoms with E-state index in [2.05, 4.69) is 87.2 Å². The molecule has 0 aromatic heterocycles. The summed E-state index contributed by atoms with van der Waals surface area (Å²) in [6, 6.07) is 15.1. The molecule has 1 saturated carbocycles. The van der Waals surface area contributed by atoms with Crippen molar-refractivity contribution in [2.24, 2.45) is 5.92 Å². The van der Waals surface area contributed by atoms with Gasteiger partial charge in [0.1, 0.15) is 0 Å². The summed E-state index contributed by atoms with van der Waals surface area (Å²) in [5, 5.41) is 0. The van der Waals surface area contributed by atoms with Gasteiger partial charge in [0.05, 0.1) is 0 Å². The molecule has 0 spiro atoms. The van der Waals surface area contributed by atoms with Crippen LogP contribution in [-0.2, 0) is 35.7 Å². The van der Waals surface area contributed by atoms with Crippen LogP contribution in [0, 0.1) is 5.92 Å². The van der Waals surface area contributed by atoms with E-state index in [-0.39, 0.29) is 10.8 Å². The number of rotatable bonds is 2. The van der Waals surface area contributed by atoms with Crippen molar-refractivity contribution in [2.45, 2.75) is 96.9 Å². The second-order valence-corrected chi connectivity index (χ2v) is 19.0. The Labute approximate surface area is 193 Å². The molecule has 0 unspecified atom stereocenters. The van der Waals surface area contributed by atoms with Gasteiger partial charge in [0.25, 0.3) is 0 Å². The fourth-order valence-electron chi connectivity index (χ4n) is 6.21. The van der Waals surface area contributed by atoms with Crippen LogP contribution in [0.2, 0.25) is 9.26 Å². The summed E-state index contributed by atoms with van der Waals surface area (Å²) in [5.41, 5.74) is 9.93. The van der Waals surface area contributed by atoms with Crippen molar-refractivity contribution >= 4 is 0 Å². The van der Waals surface area contributed by atoms with Gasteiger partial charge in [-0.15, -0.1) is 0 Å². The monoisotopic (exact) mass is 479 g/mol. The average Bonchev–Trinajstić information content (AvgIpc) is 2.97. The van der Waals surface area contributed by atoms with Crippen LogP contribution in [0.1, 0.15) is 95.9 Å². The van der Waals surface area contributed by atoms with E-state index in [9.17, 15) is 0 Å². The second kappa shape index (κ2) is 7.72. The average molecular weight is 481 g/mol. The van der Waals surface area contributed by atoms with Crippen LogP contribution in [0.15, 0.2) is 36.4 Å². The summed E-state index contributed by atoms with van der Waals surface area (Å²) < 4.78 is 5.71. The summed E-state index contributed by atoms with van der Waals surface area (Å²) >= 11 is -1.74. The molecular weight excluding hydrogens is 440 g/mol. The van der Waals surface area contributed by atoms with Gasteiger partial charge in [-0.05, 0) is 0 Å². The van der Waals surface area contributed by atoms with Crippen molar-refractivity contribution in [3.63, 3.8) is 0 Å². The summed E-state index contributed by atoms with van der Waals surface area (Å²) in [6.45, 7) is 14.2. The standard InChI is InChI=1S/C27H35.2CH3.Zr/c1-26(2,3)19-12-14-21-22-15-13-20(27(4,5)6)17-24(22)25(23(21)16-19)18-10-8-7-9-11-18;;;/h12-18H,7-11H2,1-6H3;2*1H3;. The number of hydrogen-bond donors (Lipinski definition) is 0. The van der Waals surface area contributed by atoms with Crippen molar-refractivity contribution in [3.8, 4) is 11.1 Å². The molecule has 2 aliphatic carbocycles. The summed E-state index contributed by atoms with van der Waals surface area (Å²) in [5.74, 6) is 0.834. The Bertz CT molecular complexity index is 866. The molecule has 30 heavy (non-hydrogen) atoms. The second-order valence-electron chi connectivity index (χ2n) is 12.2. The van der Waals surface area contributed by atoms with Crippen LogP contribution in [0.4, 0.5) is 0 Å². The molecule has 1 heteroatoms. The van der Waals surface area contributed by atoms with Crippen LogP contribution in [-0.4, -0.2) is 0 Å². The SMILES string of the molecule is [CH3][Zr]([CH3])[C]1(C2CCCCC2)c2cc(C(C)(C)C)ccc2-c2ccc(C(C)(C)C)cc21. The number of benzene rings is 2. The van der Waals surface area contributed by atoms with Gasteiger partial charge in [0.2, 0.25) is 0 Å². The molecule has 2 aromatic carbocycles. The van der Waals surface area contributed by atoms with E-state index in [1.54, 1.807) is 22.3 Å². The molecule has 0 atom stereocenters. The first kappa shape index (κ1) is 22.5. The van der Waals surface area contributed by atoms with Crippen molar-refractivity contribution in [2.75, 3.05) is 0 Å². The van der Waals surface area contributed by atoms with E-state index in [1.807, 2.05) is 0 Å². The molecule has 0 saturated heterocycles. The predicted octanol–water partition coefficient (Wildman–Crippen LogP) is 8.80. The molecule has 0 aliphatic heterocycles. The first-order chi connectivity index (χ1) is 14.0. The van der Waals surface area contributed by atoms with Crippen LogP contribution in [0.5, 0.6) is 0 Å². The minimum absolute atomic E-state index is 0.198. The van der Waals surface area contributed by atoms with E-state index in [0.717, 1.165) is 5.92 Å². The van der Waals surface area contributed by atoms with Crippen LogP contribution < -0.4 is 0 Å². The molecule has 1 fully saturated rings. The Morgan fingerprint density at radius 1 is 0.700 bits per heavy atom. The van der Waals surface area contributed by atoms with Crippen molar-refractivity contribution in [1.82, 2.24) is 0 Å². The third-order valence-corrected chi connectivity index (χ3v) is 14.1. The first-order valence-corrected chi connectivity index (χ1v) is 18.2. The van der Waals surface area contributed by atoms with E-state index in [1.165, 1.54) is 43.2 Å². The third kappa shape index (κ3) is 3.52. The van der Waals surface area contributed by atoms with Gasteiger partial charge < -0.3 is 0 Å². The Morgan fingerprint density at radius 3 is 1.50 bits per heavy atom. The fourth-order valence-corrected chi connectivity index (χ4v) is 12.6. The van der Waals surface area contributed by atoms with Crippen LogP contribution in [0.25, 0.3) is 11.1 Å². The summed E-state index contributed by atoms with van der Waals surface area (Å²) in [7, 11) is 0. The molecule has 2 aliphatic rings. The van der Waals surface area contributed by atoms with Crippen LogP contribution >= 0.6 is 0 Å². The van der Waals surface area contributed by atoms with Crippen molar-refractivity contribution in [1.29, 1.82) is 0 Å². The Kier molecular flexibility index (Phi) is 5.80. The van der Waals surface area contributed by atoms with E-state index in [4.69, 9.17) is 0 Å².